The summed E-state index contributed by atoms with van der Waals surface area (Å²) in [6.07, 6.45) is 2.30. The van der Waals surface area contributed by atoms with Gasteiger partial charge in [-0.3, -0.25) is 0 Å². The molecule has 0 spiro atoms. The van der Waals surface area contributed by atoms with Crippen LogP contribution < -0.4 is 5.32 Å². The highest BCUT2D eigenvalue weighted by molar-refractivity contribution is 7.99. The molecule has 0 amide bonds. The Morgan fingerprint density at radius 2 is 2.22 bits per heavy atom. The topological polar surface area (TPSA) is 12.0 Å². The van der Waals surface area contributed by atoms with E-state index in [4.69, 9.17) is 0 Å². The molecule has 18 heavy (non-hydrogen) atoms. The van der Waals surface area contributed by atoms with Crippen molar-refractivity contribution in [3.05, 3.63) is 42.0 Å². The number of thioether (sulfide) groups is 1. The summed E-state index contributed by atoms with van der Waals surface area (Å²) in [5.41, 5.74) is 2.61. The molecule has 1 atom stereocenters. The lowest BCUT2D eigenvalue weighted by atomic mass is 10.1. The fourth-order valence-corrected chi connectivity index (χ4v) is 2.98. The fraction of sp³-hybridized carbons (Fsp3) is 0.500. The van der Waals surface area contributed by atoms with E-state index in [1.807, 2.05) is 11.8 Å². The molecule has 1 aromatic rings. The summed E-state index contributed by atoms with van der Waals surface area (Å²) in [6, 6.07) is 9.31. The third-order valence-electron chi connectivity index (χ3n) is 2.85. The lowest BCUT2D eigenvalue weighted by molar-refractivity contribution is 0.537. The third-order valence-corrected chi connectivity index (χ3v) is 4.01. The second-order valence-corrected chi connectivity index (χ2v) is 5.97. The van der Waals surface area contributed by atoms with Gasteiger partial charge in [0.15, 0.2) is 0 Å². The van der Waals surface area contributed by atoms with Gasteiger partial charge in [0.2, 0.25) is 0 Å². The second-order valence-electron chi connectivity index (χ2n) is 4.88. The molecule has 1 unspecified atom stereocenters. The van der Waals surface area contributed by atoms with Gasteiger partial charge in [-0.1, -0.05) is 30.2 Å². The molecular formula is C16H25NS. The molecule has 1 N–H and O–H groups in total. The Morgan fingerprint density at radius 1 is 1.44 bits per heavy atom. The first kappa shape index (κ1) is 15.3. The monoisotopic (exact) mass is 263 g/mol. The number of hydrogen-bond acceptors (Lipinski definition) is 2. The average molecular weight is 263 g/mol. The van der Waals surface area contributed by atoms with E-state index in [1.165, 1.54) is 22.5 Å². The van der Waals surface area contributed by atoms with Crippen LogP contribution in [0, 0.1) is 6.92 Å². The van der Waals surface area contributed by atoms with Crippen molar-refractivity contribution in [2.75, 3.05) is 12.3 Å². The molecule has 100 valence electrons. The summed E-state index contributed by atoms with van der Waals surface area (Å²) in [7, 11) is 0. The largest absolute Gasteiger partial charge is 0.313 e. The molecule has 1 rings (SSSR count). The van der Waals surface area contributed by atoms with Gasteiger partial charge in [0.05, 0.1) is 0 Å². The number of allylic oxidation sites excluding steroid dienone is 1. The van der Waals surface area contributed by atoms with Crippen LogP contribution >= 0.6 is 11.8 Å². The molecule has 0 heterocycles. The zero-order valence-corrected chi connectivity index (χ0v) is 12.6. The van der Waals surface area contributed by atoms with Gasteiger partial charge in [-0.15, -0.1) is 18.3 Å². The van der Waals surface area contributed by atoms with Gasteiger partial charge in [0.25, 0.3) is 0 Å². The van der Waals surface area contributed by atoms with Crippen LogP contribution in [-0.2, 0) is 0 Å². The minimum atomic E-state index is 0.581. The van der Waals surface area contributed by atoms with E-state index in [1.54, 1.807) is 0 Å². The predicted octanol–water partition coefficient (Wildman–Crippen LogP) is 4.42. The molecule has 1 aromatic carbocycles. The van der Waals surface area contributed by atoms with Crippen molar-refractivity contribution in [1.82, 2.24) is 5.32 Å². The van der Waals surface area contributed by atoms with E-state index >= 15 is 0 Å². The van der Waals surface area contributed by atoms with Crippen LogP contribution in [0.5, 0.6) is 0 Å². The quantitative estimate of drug-likeness (QED) is 0.550. The Hall–Kier alpha value is -0.730. The number of rotatable bonds is 8. The Kier molecular flexibility index (Phi) is 7.14. The SMILES string of the molecule is C=C(C)CCC(CSc1cccc(C)c1)NCC. The Balaban J connectivity index is 2.43. The summed E-state index contributed by atoms with van der Waals surface area (Å²) < 4.78 is 0. The van der Waals surface area contributed by atoms with Crippen molar-refractivity contribution >= 4 is 11.8 Å². The normalized spacial score (nSPS) is 12.4. The van der Waals surface area contributed by atoms with Crippen LogP contribution in [0.2, 0.25) is 0 Å². The van der Waals surface area contributed by atoms with E-state index in [9.17, 15) is 0 Å². The average Bonchev–Trinajstić information content (AvgIpc) is 2.32. The van der Waals surface area contributed by atoms with E-state index in [-0.39, 0.29) is 0 Å². The van der Waals surface area contributed by atoms with Crippen molar-refractivity contribution in [3.8, 4) is 0 Å². The molecule has 0 aliphatic heterocycles. The molecule has 0 aliphatic carbocycles. The summed E-state index contributed by atoms with van der Waals surface area (Å²) >= 11 is 1.94. The molecule has 2 heteroatoms. The van der Waals surface area contributed by atoms with E-state index in [0.717, 1.165) is 18.7 Å². The Labute approximate surface area is 116 Å². The molecule has 0 radical (unpaired) electrons. The molecule has 0 aliphatic rings. The summed E-state index contributed by atoms with van der Waals surface area (Å²) in [5.74, 6) is 1.13. The first-order valence-electron chi connectivity index (χ1n) is 6.69. The maximum Gasteiger partial charge on any atom is 0.0164 e. The molecule has 0 saturated carbocycles. The first-order valence-corrected chi connectivity index (χ1v) is 7.67. The Morgan fingerprint density at radius 3 is 2.83 bits per heavy atom. The number of aryl methyl sites for hydroxylation is 1. The summed E-state index contributed by atoms with van der Waals surface area (Å²) in [4.78, 5) is 1.37. The van der Waals surface area contributed by atoms with Crippen LogP contribution in [0.1, 0.15) is 32.3 Å². The van der Waals surface area contributed by atoms with Crippen LogP contribution in [0.3, 0.4) is 0 Å². The molecule has 0 aromatic heterocycles. The van der Waals surface area contributed by atoms with Crippen LogP contribution in [0.25, 0.3) is 0 Å². The van der Waals surface area contributed by atoms with E-state index in [0.29, 0.717) is 6.04 Å². The van der Waals surface area contributed by atoms with E-state index < -0.39 is 0 Å². The van der Waals surface area contributed by atoms with Crippen LogP contribution in [-0.4, -0.2) is 18.3 Å². The highest BCUT2D eigenvalue weighted by Gasteiger charge is 2.08. The maximum absolute atomic E-state index is 3.98. The molecule has 1 nitrogen and oxygen atoms in total. The number of benzene rings is 1. The van der Waals surface area contributed by atoms with Gasteiger partial charge in [0, 0.05) is 16.7 Å². The first-order chi connectivity index (χ1) is 8.61. The molecule has 0 saturated heterocycles. The zero-order chi connectivity index (χ0) is 13.4. The maximum atomic E-state index is 3.98. The van der Waals surface area contributed by atoms with Gasteiger partial charge < -0.3 is 5.32 Å². The molecule has 0 fully saturated rings. The smallest absolute Gasteiger partial charge is 0.0164 e. The van der Waals surface area contributed by atoms with Gasteiger partial charge in [0.1, 0.15) is 0 Å². The third kappa shape index (κ3) is 6.27. The number of nitrogens with one attached hydrogen (secondary N) is 1. The van der Waals surface area contributed by atoms with Crippen molar-refractivity contribution in [2.24, 2.45) is 0 Å². The lowest BCUT2D eigenvalue weighted by Gasteiger charge is -2.17. The van der Waals surface area contributed by atoms with Gasteiger partial charge in [-0.05, 0) is 45.4 Å². The second kappa shape index (κ2) is 8.39. The molecule has 0 bridgehead atoms. The zero-order valence-electron chi connectivity index (χ0n) is 11.8. The van der Waals surface area contributed by atoms with Gasteiger partial charge in [-0.2, -0.15) is 0 Å². The fourth-order valence-electron chi connectivity index (χ4n) is 1.86. The Bertz CT molecular complexity index is 373. The van der Waals surface area contributed by atoms with Crippen molar-refractivity contribution in [1.29, 1.82) is 0 Å². The van der Waals surface area contributed by atoms with Crippen molar-refractivity contribution in [2.45, 2.75) is 44.6 Å². The van der Waals surface area contributed by atoms with Crippen molar-refractivity contribution in [3.63, 3.8) is 0 Å². The van der Waals surface area contributed by atoms with E-state index in [2.05, 4.69) is 56.9 Å². The highest BCUT2D eigenvalue weighted by Crippen LogP contribution is 2.21. The summed E-state index contributed by atoms with van der Waals surface area (Å²) in [6.45, 7) is 11.4. The highest BCUT2D eigenvalue weighted by atomic mass is 32.2. The summed E-state index contributed by atoms with van der Waals surface area (Å²) in [5, 5.41) is 3.56. The minimum absolute atomic E-state index is 0.581. The van der Waals surface area contributed by atoms with Crippen molar-refractivity contribution < 1.29 is 0 Å². The minimum Gasteiger partial charge on any atom is -0.313 e. The molecular weight excluding hydrogens is 238 g/mol. The van der Waals surface area contributed by atoms with Crippen LogP contribution in [0.15, 0.2) is 41.3 Å². The lowest BCUT2D eigenvalue weighted by Crippen LogP contribution is -2.31. The predicted molar refractivity (Wildman–Crippen MR) is 83.4 cm³/mol. The number of hydrogen-bond donors (Lipinski definition) is 1. The van der Waals surface area contributed by atoms with Gasteiger partial charge >= 0.3 is 0 Å². The van der Waals surface area contributed by atoms with Crippen LogP contribution in [0.4, 0.5) is 0 Å². The standard InChI is InChI=1S/C16H25NS/c1-5-17-15(10-9-13(2)3)12-18-16-8-6-7-14(4)11-16/h6-8,11,15,17H,2,5,9-10,12H2,1,3-4H3. The van der Waals surface area contributed by atoms with Gasteiger partial charge in [-0.25, -0.2) is 0 Å².